The second-order valence-corrected chi connectivity index (χ2v) is 1.96. The normalized spacial score (nSPS) is 9.27. The van der Waals surface area contributed by atoms with Crippen molar-refractivity contribution in [2.45, 2.75) is 0 Å². The number of nitrogen functional groups attached to an aromatic ring is 1. The maximum Gasteiger partial charge on any atom is 0.166 e. The lowest BCUT2D eigenvalue weighted by atomic mass is 10.4. The summed E-state index contributed by atoms with van der Waals surface area (Å²) in [6.45, 7) is 0. The Balaban J connectivity index is 3.02. The van der Waals surface area contributed by atoms with E-state index in [0.717, 1.165) is 0 Å². The molecule has 0 amide bonds. The van der Waals surface area contributed by atoms with E-state index in [4.69, 9.17) is 15.2 Å². The molecule has 1 aromatic heterocycles. The van der Waals surface area contributed by atoms with Crippen LogP contribution in [0.3, 0.4) is 0 Å². The summed E-state index contributed by atoms with van der Waals surface area (Å²) in [4.78, 5) is 3.85. The maximum absolute atomic E-state index is 5.46. The predicted octanol–water partition coefficient (Wildman–Crippen LogP) is 0.681. The minimum absolute atomic E-state index is 0.369. The smallest absolute Gasteiger partial charge is 0.166 e. The molecule has 0 unspecified atom stereocenters. The summed E-state index contributed by atoms with van der Waals surface area (Å²) in [5.41, 5.74) is 5.46. The first-order chi connectivity index (χ1) is 5.27. The van der Waals surface area contributed by atoms with Gasteiger partial charge in [-0.15, -0.1) is 0 Å². The zero-order valence-corrected chi connectivity index (χ0v) is 6.50. The third kappa shape index (κ3) is 1.52. The molecule has 2 N–H and O–H groups in total. The van der Waals surface area contributed by atoms with Crippen LogP contribution in [0.2, 0.25) is 0 Å². The van der Waals surface area contributed by atoms with E-state index in [9.17, 15) is 0 Å². The quantitative estimate of drug-likeness (QED) is 0.680. The van der Waals surface area contributed by atoms with Crippen LogP contribution >= 0.6 is 0 Å². The number of ether oxygens (including phenoxy) is 2. The fourth-order valence-corrected chi connectivity index (χ4v) is 0.712. The first-order valence-electron chi connectivity index (χ1n) is 3.11. The minimum Gasteiger partial charge on any atom is -0.495 e. The minimum atomic E-state index is 0.369. The molecule has 0 saturated heterocycles. The van der Waals surface area contributed by atoms with Gasteiger partial charge in [-0.05, 0) is 0 Å². The lowest BCUT2D eigenvalue weighted by molar-refractivity contribution is 0.392. The molecule has 0 aliphatic heterocycles. The summed E-state index contributed by atoms with van der Waals surface area (Å²) in [5.74, 6) is 1.54. The Kier molecular flexibility index (Phi) is 2.15. The highest BCUT2D eigenvalue weighted by atomic mass is 16.5. The molecular weight excluding hydrogens is 144 g/mol. The number of nitrogens with zero attached hydrogens (tertiary/aromatic N) is 1. The van der Waals surface area contributed by atoms with Crippen LogP contribution in [0.1, 0.15) is 0 Å². The molecule has 1 heterocycles. The molecular formula is C7H10N2O2. The van der Waals surface area contributed by atoms with Crippen LogP contribution in [0.15, 0.2) is 12.3 Å². The number of anilines is 1. The van der Waals surface area contributed by atoms with Crippen molar-refractivity contribution in [3.8, 4) is 11.5 Å². The third-order valence-electron chi connectivity index (χ3n) is 1.31. The number of rotatable bonds is 2. The van der Waals surface area contributed by atoms with Crippen LogP contribution in [0.5, 0.6) is 11.5 Å². The molecule has 1 aromatic rings. The highest BCUT2D eigenvalue weighted by Crippen LogP contribution is 2.22. The highest BCUT2D eigenvalue weighted by Gasteiger charge is 2.00. The van der Waals surface area contributed by atoms with E-state index in [2.05, 4.69) is 4.98 Å². The van der Waals surface area contributed by atoms with Gasteiger partial charge < -0.3 is 15.2 Å². The molecule has 0 fully saturated rings. The van der Waals surface area contributed by atoms with Crippen LogP contribution in [-0.4, -0.2) is 19.2 Å². The molecule has 0 aliphatic carbocycles. The van der Waals surface area contributed by atoms with Gasteiger partial charge in [-0.2, -0.15) is 0 Å². The summed E-state index contributed by atoms with van der Waals surface area (Å²) in [6, 6.07) is 1.68. The number of pyridine rings is 1. The predicted molar refractivity (Wildman–Crippen MR) is 41.8 cm³/mol. The van der Waals surface area contributed by atoms with Crippen molar-refractivity contribution in [2.24, 2.45) is 0 Å². The SMILES string of the molecule is COc1cnc(N)c(OC)c1. The zero-order valence-electron chi connectivity index (χ0n) is 6.50. The topological polar surface area (TPSA) is 57.4 Å². The van der Waals surface area contributed by atoms with E-state index in [-0.39, 0.29) is 0 Å². The molecule has 1 rings (SSSR count). The molecule has 11 heavy (non-hydrogen) atoms. The van der Waals surface area contributed by atoms with E-state index in [1.54, 1.807) is 13.2 Å². The van der Waals surface area contributed by atoms with Crippen LogP contribution in [0, 0.1) is 0 Å². The lowest BCUT2D eigenvalue weighted by Crippen LogP contribution is -1.96. The fraction of sp³-hybridized carbons (Fsp3) is 0.286. The van der Waals surface area contributed by atoms with Gasteiger partial charge in [0, 0.05) is 6.07 Å². The summed E-state index contributed by atoms with van der Waals surface area (Å²) in [6.07, 6.45) is 1.54. The Bertz CT molecular complexity index is 250. The number of hydrogen-bond donors (Lipinski definition) is 1. The molecule has 60 valence electrons. The lowest BCUT2D eigenvalue weighted by Gasteiger charge is -2.04. The van der Waals surface area contributed by atoms with E-state index in [0.29, 0.717) is 17.3 Å². The summed E-state index contributed by atoms with van der Waals surface area (Å²) in [7, 11) is 3.10. The van der Waals surface area contributed by atoms with Gasteiger partial charge in [0.2, 0.25) is 0 Å². The van der Waals surface area contributed by atoms with E-state index >= 15 is 0 Å². The monoisotopic (exact) mass is 154 g/mol. The van der Waals surface area contributed by atoms with Crippen molar-refractivity contribution in [3.63, 3.8) is 0 Å². The van der Waals surface area contributed by atoms with Crippen molar-refractivity contribution in [1.82, 2.24) is 4.98 Å². The molecule has 4 nitrogen and oxygen atoms in total. The summed E-state index contributed by atoms with van der Waals surface area (Å²) >= 11 is 0. The largest absolute Gasteiger partial charge is 0.495 e. The molecule has 0 bridgehead atoms. The Morgan fingerprint density at radius 2 is 2.09 bits per heavy atom. The first kappa shape index (κ1) is 7.65. The zero-order chi connectivity index (χ0) is 8.27. The standard InChI is InChI=1S/C7H10N2O2/c1-10-5-3-6(11-2)7(8)9-4-5/h3-4H,1-2H3,(H2,8,9). The third-order valence-corrected chi connectivity index (χ3v) is 1.31. The molecule has 0 atom stereocenters. The van der Waals surface area contributed by atoms with Gasteiger partial charge in [-0.3, -0.25) is 0 Å². The molecule has 4 heteroatoms. The second-order valence-electron chi connectivity index (χ2n) is 1.96. The second kappa shape index (κ2) is 3.09. The summed E-state index contributed by atoms with van der Waals surface area (Å²) in [5, 5.41) is 0. The van der Waals surface area contributed by atoms with Crippen molar-refractivity contribution >= 4 is 5.82 Å². The fourth-order valence-electron chi connectivity index (χ4n) is 0.712. The number of hydrogen-bond acceptors (Lipinski definition) is 4. The van der Waals surface area contributed by atoms with Crippen LogP contribution in [0.25, 0.3) is 0 Å². The maximum atomic E-state index is 5.46. The highest BCUT2D eigenvalue weighted by molar-refractivity contribution is 5.48. The molecule has 0 spiro atoms. The number of nitrogens with two attached hydrogens (primary N) is 1. The van der Waals surface area contributed by atoms with Crippen molar-refractivity contribution in [3.05, 3.63) is 12.3 Å². The van der Waals surface area contributed by atoms with Gasteiger partial charge in [-0.1, -0.05) is 0 Å². The van der Waals surface area contributed by atoms with Gasteiger partial charge in [0.25, 0.3) is 0 Å². The molecule has 0 aromatic carbocycles. The first-order valence-corrected chi connectivity index (χ1v) is 3.11. The molecule has 0 radical (unpaired) electrons. The average molecular weight is 154 g/mol. The van der Waals surface area contributed by atoms with Crippen molar-refractivity contribution in [2.75, 3.05) is 20.0 Å². The van der Waals surface area contributed by atoms with Gasteiger partial charge in [0.05, 0.1) is 20.4 Å². The van der Waals surface area contributed by atoms with Crippen LogP contribution in [-0.2, 0) is 0 Å². The Morgan fingerprint density at radius 3 is 2.64 bits per heavy atom. The van der Waals surface area contributed by atoms with Gasteiger partial charge in [0.15, 0.2) is 11.6 Å². The van der Waals surface area contributed by atoms with Crippen molar-refractivity contribution in [1.29, 1.82) is 0 Å². The molecule has 0 aliphatic rings. The van der Waals surface area contributed by atoms with Crippen LogP contribution < -0.4 is 15.2 Å². The van der Waals surface area contributed by atoms with Crippen LogP contribution in [0.4, 0.5) is 5.82 Å². The summed E-state index contributed by atoms with van der Waals surface area (Å²) < 4.78 is 9.83. The van der Waals surface area contributed by atoms with Gasteiger partial charge in [-0.25, -0.2) is 4.98 Å². The Labute approximate surface area is 64.9 Å². The Hall–Kier alpha value is -1.45. The average Bonchev–Trinajstić information content (AvgIpc) is 2.05. The number of methoxy groups -OCH3 is 2. The van der Waals surface area contributed by atoms with Gasteiger partial charge in [0.1, 0.15) is 5.75 Å². The van der Waals surface area contributed by atoms with E-state index in [1.807, 2.05) is 0 Å². The van der Waals surface area contributed by atoms with Gasteiger partial charge >= 0.3 is 0 Å². The van der Waals surface area contributed by atoms with E-state index < -0.39 is 0 Å². The molecule has 0 saturated carbocycles. The van der Waals surface area contributed by atoms with E-state index in [1.165, 1.54) is 13.3 Å². The van der Waals surface area contributed by atoms with Crippen molar-refractivity contribution < 1.29 is 9.47 Å². The number of aromatic nitrogens is 1. The Morgan fingerprint density at radius 1 is 1.36 bits per heavy atom.